The molecule has 2 fully saturated rings. The second kappa shape index (κ2) is 5.05. The van der Waals surface area contributed by atoms with E-state index in [0.717, 1.165) is 30.5 Å². The maximum absolute atomic E-state index is 3.80. The van der Waals surface area contributed by atoms with E-state index in [1.807, 2.05) is 0 Å². The van der Waals surface area contributed by atoms with Crippen LogP contribution in [0.3, 0.4) is 0 Å². The molecule has 1 N–H and O–H groups in total. The summed E-state index contributed by atoms with van der Waals surface area (Å²) in [6.07, 6.45) is 5.72. The fourth-order valence-corrected chi connectivity index (χ4v) is 2.69. The van der Waals surface area contributed by atoms with Crippen molar-refractivity contribution in [1.29, 1.82) is 0 Å². The lowest BCUT2D eigenvalue weighted by Gasteiger charge is -2.29. The molecule has 0 aromatic carbocycles. The minimum absolute atomic E-state index is 0.687. The Morgan fingerprint density at radius 2 is 1.75 bits per heavy atom. The zero-order chi connectivity index (χ0) is 11.7. The van der Waals surface area contributed by atoms with E-state index in [9.17, 15) is 0 Å². The molecule has 0 aromatic heterocycles. The zero-order valence-electron chi connectivity index (χ0n) is 11.4. The molecule has 2 aliphatic carbocycles. The van der Waals surface area contributed by atoms with E-state index in [0.29, 0.717) is 6.04 Å². The van der Waals surface area contributed by atoms with E-state index >= 15 is 0 Å². The highest BCUT2D eigenvalue weighted by Gasteiger charge is 2.34. The summed E-state index contributed by atoms with van der Waals surface area (Å²) in [4.78, 5) is 2.55. The van der Waals surface area contributed by atoms with Crippen LogP contribution in [-0.2, 0) is 0 Å². The van der Waals surface area contributed by atoms with Gasteiger partial charge in [-0.25, -0.2) is 0 Å². The lowest BCUT2D eigenvalue weighted by atomic mass is 9.99. The van der Waals surface area contributed by atoms with Gasteiger partial charge in [-0.2, -0.15) is 0 Å². The summed E-state index contributed by atoms with van der Waals surface area (Å²) in [7, 11) is 2.28. The molecule has 16 heavy (non-hydrogen) atoms. The molecule has 2 rings (SSSR count). The van der Waals surface area contributed by atoms with Crippen LogP contribution in [0.5, 0.6) is 0 Å². The predicted octanol–water partition coefficient (Wildman–Crippen LogP) is 2.49. The lowest BCUT2D eigenvalue weighted by Crippen LogP contribution is -2.45. The monoisotopic (exact) mass is 224 g/mol. The molecule has 2 heteroatoms. The summed E-state index contributed by atoms with van der Waals surface area (Å²) < 4.78 is 0. The van der Waals surface area contributed by atoms with Crippen LogP contribution in [0.25, 0.3) is 0 Å². The van der Waals surface area contributed by atoms with Crippen LogP contribution < -0.4 is 5.32 Å². The number of nitrogens with one attached hydrogen (secondary N) is 1. The Bertz CT molecular complexity index is 217. The Morgan fingerprint density at radius 1 is 1.12 bits per heavy atom. The SMILES string of the molecule is CC(C)C(NCC(C)N(C)C1CC1)C1CC1. The molecule has 0 spiro atoms. The van der Waals surface area contributed by atoms with Crippen molar-refractivity contribution < 1.29 is 0 Å². The van der Waals surface area contributed by atoms with Gasteiger partial charge in [-0.05, 0) is 51.5 Å². The minimum atomic E-state index is 0.687. The van der Waals surface area contributed by atoms with Crippen molar-refractivity contribution in [2.24, 2.45) is 11.8 Å². The average molecular weight is 224 g/mol. The Hall–Kier alpha value is -0.0800. The van der Waals surface area contributed by atoms with Crippen molar-refractivity contribution in [2.75, 3.05) is 13.6 Å². The number of hydrogen-bond acceptors (Lipinski definition) is 2. The third-order valence-electron chi connectivity index (χ3n) is 4.32. The predicted molar refractivity (Wildman–Crippen MR) is 69.6 cm³/mol. The van der Waals surface area contributed by atoms with Crippen LogP contribution in [0.2, 0.25) is 0 Å². The highest BCUT2D eigenvalue weighted by Crippen LogP contribution is 2.35. The molecule has 2 unspecified atom stereocenters. The largest absolute Gasteiger partial charge is 0.312 e. The van der Waals surface area contributed by atoms with Crippen LogP contribution in [0.1, 0.15) is 46.5 Å². The molecule has 2 saturated carbocycles. The molecule has 0 aliphatic heterocycles. The molecule has 2 aliphatic rings. The van der Waals surface area contributed by atoms with Crippen LogP contribution in [0.15, 0.2) is 0 Å². The van der Waals surface area contributed by atoms with Crippen molar-refractivity contribution >= 4 is 0 Å². The van der Waals surface area contributed by atoms with Crippen LogP contribution in [-0.4, -0.2) is 36.6 Å². The van der Waals surface area contributed by atoms with Gasteiger partial charge in [0.1, 0.15) is 0 Å². The van der Waals surface area contributed by atoms with E-state index in [1.165, 1.54) is 25.7 Å². The van der Waals surface area contributed by atoms with Crippen molar-refractivity contribution in [3.63, 3.8) is 0 Å². The second-order valence-electron chi connectivity index (χ2n) is 6.26. The fourth-order valence-electron chi connectivity index (χ4n) is 2.69. The molecule has 2 nitrogen and oxygen atoms in total. The molecular weight excluding hydrogens is 196 g/mol. The maximum Gasteiger partial charge on any atom is 0.0192 e. The van der Waals surface area contributed by atoms with E-state index in [4.69, 9.17) is 0 Å². The van der Waals surface area contributed by atoms with Crippen molar-refractivity contribution in [3.05, 3.63) is 0 Å². The number of hydrogen-bond donors (Lipinski definition) is 1. The molecule has 0 heterocycles. The highest BCUT2D eigenvalue weighted by atomic mass is 15.2. The quantitative estimate of drug-likeness (QED) is 0.715. The van der Waals surface area contributed by atoms with Gasteiger partial charge < -0.3 is 5.32 Å². The van der Waals surface area contributed by atoms with Crippen molar-refractivity contribution in [2.45, 2.75) is 64.6 Å². The first-order chi connectivity index (χ1) is 7.59. The van der Waals surface area contributed by atoms with Crippen molar-refractivity contribution in [1.82, 2.24) is 10.2 Å². The summed E-state index contributed by atoms with van der Waals surface area (Å²) in [5.74, 6) is 1.75. The Balaban J connectivity index is 1.71. The molecular formula is C14H28N2. The van der Waals surface area contributed by atoms with Crippen LogP contribution in [0.4, 0.5) is 0 Å². The highest BCUT2D eigenvalue weighted by molar-refractivity contribution is 4.90. The first-order valence-corrected chi connectivity index (χ1v) is 7.05. The van der Waals surface area contributed by atoms with Gasteiger partial charge in [0.15, 0.2) is 0 Å². The average Bonchev–Trinajstić information content (AvgIpc) is 3.07. The van der Waals surface area contributed by atoms with Gasteiger partial charge in [-0.1, -0.05) is 13.8 Å². The van der Waals surface area contributed by atoms with Gasteiger partial charge in [0, 0.05) is 24.7 Å². The molecule has 0 amide bonds. The summed E-state index contributed by atoms with van der Waals surface area (Å²) in [6, 6.07) is 2.33. The van der Waals surface area contributed by atoms with Gasteiger partial charge in [-0.15, -0.1) is 0 Å². The fraction of sp³-hybridized carbons (Fsp3) is 1.00. The molecule has 0 aromatic rings. The first-order valence-electron chi connectivity index (χ1n) is 7.05. The maximum atomic E-state index is 3.80. The van der Waals surface area contributed by atoms with Gasteiger partial charge in [0.25, 0.3) is 0 Å². The Morgan fingerprint density at radius 3 is 2.19 bits per heavy atom. The Labute approximate surface area is 101 Å². The van der Waals surface area contributed by atoms with E-state index in [2.05, 4.69) is 38.0 Å². The lowest BCUT2D eigenvalue weighted by molar-refractivity contribution is 0.224. The number of rotatable bonds is 7. The van der Waals surface area contributed by atoms with Crippen molar-refractivity contribution in [3.8, 4) is 0 Å². The standard InChI is InChI=1S/C14H28N2/c1-10(2)14(12-5-6-12)15-9-11(3)16(4)13-7-8-13/h10-15H,5-9H2,1-4H3. The normalized spacial score (nSPS) is 25.1. The molecule has 2 atom stereocenters. The van der Waals surface area contributed by atoms with Crippen LogP contribution in [0, 0.1) is 11.8 Å². The minimum Gasteiger partial charge on any atom is -0.312 e. The van der Waals surface area contributed by atoms with Crippen LogP contribution >= 0.6 is 0 Å². The third-order valence-corrected chi connectivity index (χ3v) is 4.32. The molecule has 0 saturated heterocycles. The smallest absolute Gasteiger partial charge is 0.0192 e. The van der Waals surface area contributed by atoms with E-state index < -0.39 is 0 Å². The van der Waals surface area contributed by atoms with Gasteiger partial charge in [0.2, 0.25) is 0 Å². The summed E-state index contributed by atoms with van der Waals surface area (Å²) in [5, 5.41) is 3.80. The third kappa shape index (κ3) is 3.21. The Kier molecular flexibility index (Phi) is 3.91. The molecule has 0 radical (unpaired) electrons. The van der Waals surface area contributed by atoms with Gasteiger partial charge in [-0.3, -0.25) is 4.90 Å². The zero-order valence-corrected chi connectivity index (χ0v) is 11.4. The molecule has 94 valence electrons. The topological polar surface area (TPSA) is 15.3 Å². The summed E-state index contributed by atoms with van der Waals surface area (Å²) >= 11 is 0. The summed E-state index contributed by atoms with van der Waals surface area (Å²) in [6.45, 7) is 8.22. The van der Waals surface area contributed by atoms with Gasteiger partial charge >= 0.3 is 0 Å². The summed E-state index contributed by atoms with van der Waals surface area (Å²) in [5.41, 5.74) is 0. The van der Waals surface area contributed by atoms with E-state index in [-0.39, 0.29) is 0 Å². The molecule has 0 bridgehead atoms. The number of nitrogens with zero attached hydrogens (tertiary/aromatic N) is 1. The number of likely N-dealkylation sites (N-methyl/N-ethyl adjacent to an activating group) is 1. The van der Waals surface area contributed by atoms with E-state index in [1.54, 1.807) is 0 Å². The first kappa shape index (κ1) is 12.4. The second-order valence-corrected chi connectivity index (χ2v) is 6.26. The van der Waals surface area contributed by atoms with Gasteiger partial charge in [0.05, 0.1) is 0 Å².